The predicted octanol–water partition coefficient (Wildman–Crippen LogP) is 4.57. The number of nitrogens with zero attached hydrogens (tertiary/aromatic N) is 1. The first-order valence-corrected chi connectivity index (χ1v) is 9.26. The number of carbonyl (C=O) groups is 1. The van der Waals surface area contributed by atoms with E-state index in [0.717, 1.165) is 35.0 Å². The van der Waals surface area contributed by atoms with Crippen molar-refractivity contribution in [1.29, 1.82) is 0 Å². The van der Waals surface area contributed by atoms with Crippen LogP contribution in [0.25, 0.3) is 10.9 Å². The van der Waals surface area contributed by atoms with E-state index in [2.05, 4.69) is 17.2 Å². The highest BCUT2D eigenvalue weighted by Crippen LogP contribution is 2.33. The molecule has 3 aromatic rings. The highest BCUT2D eigenvalue weighted by Gasteiger charge is 2.18. The Morgan fingerprint density at radius 1 is 1.29 bits per heavy atom. The Hall–Kier alpha value is -2.99. The number of pyridine rings is 1. The maximum Gasteiger partial charge on any atom is 0.250 e. The number of halogens is 1. The van der Waals surface area contributed by atoms with Gasteiger partial charge in [0.05, 0.1) is 29.4 Å². The van der Waals surface area contributed by atoms with Crippen molar-refractivity contribution in [3.05, 3.63) is 71.2 Å². The van der Waals surface area contributed by atoms with E-state index < -0.39 is 5.91 Å². The van der Waals surface area contributed by atoms with E-state index in [9.17, 15) is 9.18 Å². The van der Waals surface area contributed by atoms with Gasteiger partial charge in [0.2, 0.25) is 0 Å². The highest BCUT2D eigenvalue weighted by molar-refractivity contribution is 6.08. The fourth-order valence-electron chi connectivity index (χ4n) is 3.41. The highest BCUT2D eigenvalue weighted by atomic mass is 19.1. The van der Waals surface area contributed by atoms with Crippen molar-refractivity contribution < 1.29 is 13.9 Å². The first-order valence-electron chi connectivity index (χ1n) is 9.26. The molecule has 0 bridgehead atoms. The van der Waals surface area contributed by atoms with E-state index in [1.54, 1.807) is 37.6 Å². The van der Waals surface area contributed by atoms with E-state index in [0.29, 0.717) is 17.7 Å². The molecule has 0 aliphatic heterocycles. The smallest absolute Gasteiger partial charge is 0.250 e. The van der Waals surface area contributed by atoms with Gasteiger partial charge in [0, 0.05) is 24.3 Å². The van der Waals surface area contributed by atoms with Crippen LogP contribution in [0.4, 0.5) is 10.1 Å². The maximum atomic E-state index is 13.8. The topological polar surface area (TPSA) is 77.2 Å². The minimum Gasteiger partial charge on any atom is -0.380 e. The number of ether oxygens (including phenoxy) is 1. The molecule has 0 unspecified atom stereocenters. The number of hydrogen-bond donors (Lipinski definition) is 2. The number of fused-ring (bicyclic) bond motifs is 1. The molecule has 0 fully saturated rings. The Labute approximate surface area is 163 Å². The molecule has 0 saturated carbocycles. The minimum atomic E-state index is -0.529. The fourth-order valence-corrected chi connectivity index (χ4v) is 3.41. The number of hydrogen-bond acceptors (Lipinski definition) is 4. The molecule has 0 aliphatic carbocycles. The zero-order valence-electron chi connectivity index (χ0n) is 16.0. The number of nitrogens with one attached hydrogen (secondary N) is 1. The summed E-state index contributed by atoms with van der Waals surface area (Å²) in [6, 6.07) is 11.8. The second-order valence-electron chi connectivity index (χ2n) is 6.70. The number of para-hydroxylation sites is 1. The van der Waals surface area contributed by atoms with Gasteiger partial charge in [-0.25, -0.2) is 4.39 Å². The molecular formula is C22H24FN3O2. The van der Waals surface area contributed by atoms with Gasteiger partial charge in [-0.3, -0.25) is 9.78 Å². The number of nitrogens with two attached hydrogens (primary N) is 1. The van der Waals surface area contributed by atoms with Gasteiger partial charge >= 0.3 is 0 Å². The molecule has 0 spiro atoms. The average Bonchev–Trinajstić information content (AvgIpc) is 2.68. The molecule has 1 aromatic heterocycles. The van der Waals surface area contributed by atoms with Crippen molar-refractivity contribution in [3.63, 3.8) is 0 Å². The summed E-state index contributed by atoms with van der Waals surface area (Å²) in [5.41, 5.74) is 8.95. The Kier molecular flexibility index (Phi) is 6.21. The van der Waals surface area contributed by atoms with Crippen LogP contribution in [0.2, 0.25) is 0 Å². The van der Waals surface area contributed by atoms with E-state index in [1.165, 1.54) is 6.07 Å². The predicted molar refractivity (Wildman–Crippen MR) is 109 cm³/mol. The van der Waals surface area contributed by atoms with Gasteiger partial charge in [-0.05, 0) is 30.2 Å². The lowest BCUT2D eigenvalue weighted by Gasteiger charge is -2.23. The lowest BCUT2D eigenvalue weighted by atomic mass is 9.99. The van der Waals surface area contributed by atoms with Crippen molar-refractivity contribution in [2.75, 3.05) is 12.4 Å². The molecule has 2 aromatic carbocycles. The molecular weight excluding hydrogens is 357 g/mol. The third-order valence-electron chi connectivity index (χ3n) is 4.69. The Morgan fingerprint density at radius 2 is 2.07 bits per heavy atom. The molecule has 6 heteroatoms. The second-order valence-corrected chi connectivity index (χ2v) is 6.70. The maximum absolute atomic E-state index is 13.8. The molecule has 0 saturated heterocycles. The quantitative estimate of drug-likeness (QED) is 0.599. The molecule has 5 nitrogen and oxygen atoms in total. The SMILES string of the molecule is CCC[C@@H](Nc1c(COC)cnc2c(C(N)=O)cccc12)c1cccc(F)c1. The molecule has 146 valence electrons. The minimum absolute atomic E-state index is 0.0980. The summed E-state index contributed by atoms with van der Waals surface area (Å²) < 4.78 is 19.1. The zero-order valence-corrected chi connectivity index (χ0v) is 16.0. The third kappa shape index (κ3) is 4.12. The average molecular weight is 381 g/mol. The monoisotopic (exact) mass is 381 g/mol. The largest absolute Gasteiger partial charge is 0.380 e. The van der Waals surface area contributed by atoms with Gasteiger partial charge in [0.25, 0.3) is 5.91 Å². The van der Waals surface area contributed by atoms with Crippen molar-refractivity contribution in [1.82, 2.24) is 4.98 Å². The summed E-state index contributed by atoms with van der Waals surface area (Å²) in [5.74, 6) is -0.799. The van der Waals surface area contributed by atoms with Gasteiger partial charge in [-0.15, -0.1) is 0 Å². The molecule has 3 rings (SSSR count). The van der Waals surface area contributed by atoms with E-state index in [4.69, 9.17) is 10.5 Å². The Bertz CT molecular complexity index is 991. The summed E-state index contributed by atoms with van der Waals surface area (Å²) in [4.78, 5) is 16.3. The van der Waals surface area contributed by atoms with Gasteiger partial charge in [0.15, 0.2) is 0 Å². The van der Waals surface area contributed by atoms with Gasteiger partial charge in [-0.2, -0.15) is 0 Å². The molecule has 1 atom stereocenters. The summed E-state index contributed by atoms with van der Waals surface area (Å²) in [6.07, 6.45) is 3.42. The molecule has 0 radical (unpaired) electrons. The van der Waals surface area contributed by atoms with Crippen molar-refractivity contribution in [2.45, 2.75) is 32.4 Å². The van der Waals surface area contributed by atoms with E-state index in [1.807, 2.05) is 12.1 Å². The number of anilines is 1. The molecule has 1 amide bonds. The van der Waals surface area contributed by atoms with Crippen LogP contribution in [0.15, 0.2) is 48.7 Å². The fraction of sp³-hybridized carbons (Fsp3) is 0.273. The summed E-state index contributed by atoms with van der Waals surface area (Å²) >= 11 is 0. The molecule has 1 heterocycles. The van der Waals surface area contributed by atoms with Crippen molar-refractivity contribution in [3.8, 4) is 0 Å². The van der Waals surface area contributed by atoms with Crippen LogP contribution in [0.1, 0.15) is 47.3 Å². The first-order chi connectivity index (χ1) is 13.5. The van der Waals surface area contributed by atoms with Crippen LogP contribution in [-0.2, 0) is 11.3 Å². The van der Waals surface area contributed by atoms with Crippen molar-refractivity contribution in [2.24, 2.45) is 5.73 Å². The molecule has 3 N–H and O–H groups in total. The lowest BCUT2D eigenvalue weighted by Crippen LogP contribution is -2.15. The Morgan fingerprint density at radius 3 is 2.75 bits per heavy atom. The normalized spacial score (nSPS) is 12.1. The van der Waals surface area contributed by atoms with Crippen LogP contribution in [-0.4, -0.2) is 18.0 Å². The Balaban J connectivity index is 2.14. The van der Waals surface area contributed by atoms with Gasteiger partial charge in [0.1, 0.15) is 5.82 Å². The number of aromatic nitrogens is 1. The van der Waals surface area contributed by atoms with Crippen LogP contribution in [0, 0.1) is 5.82 Å². The number of carbonyl (C=O) groups excluding carboxylic acids is 1. The molecule has 28 heavy (non-hydrogen) atoms. The third-order valence-corrected chi connectivity index (χ3v) is 4.69. The number of methoxy groups -OCH3 is 1. The number of amides is 1. The number of rotatable bonds is 8. The van der Waals surface area contributed by atoms with Gasteiger partial charge in [-0.1, -0.05) is 37.6 Å². The van der Waals surface area contributed by atoms with Crippen LogP contribution < -0.4 is 11.1 Å². The van der Waals surface area contributed by atoms with Crippen molar-refractivity contribution >= 4 is 22.5 Å². The second kappa shape index (κ2) is 8.80. The summed E-state index contributed by atoms with van der Waals surface area (Å²) in [6.45, 7) is 2.44. The number of primary amides is 1. The molecule has 0 aliphatic rings. The lowest BCUT2D eigenvalue weighted by molar-refractivity contribution is 0.100. The van der Waals surface area contributed by atoms with Crippen LogP contribution >= 0.6 is 0 Å². The van der Waals surface area contributed by atoms with E-state index in [-0.39, 0.29) is 11.9 Å². The first kappa shape index (κ1) is 19.8. The summed E-state index contributed by atoms with van der Waals surface area (Å²) in [7, 11) is 1.61. The van der Waals surface area contributed by atoms with E-state index >= 15 is 0 Å². The number of benzene rings is 2. The van der Waals surface area contributed by atoms with Gasteiger partial charge < -0.3 is 15.8 Å². The van der Waals surface area contributed by atoms with Crippen LogP contribution in [0.3, 0.4) is 0 Å². The standard InChI is InChI=1S/C22H24FN3O2/c1-3-6-19(14-7-4-8-16(23)11-14)26-20-15(13-28-2)12-25-21-17(20)9-5-10-18(21)22(24)27/h4-5,7-12,19H,3,6,13H2,1-2H3,(H2,24,27)(H,25,26)/t19-/m1/s1. The zero-order chi connectivity index (χ0) is 20.1. The van der Waals surface area contributed by atoms with Crippen LogP contribution in [0.5, 0.6) is 0 Å². The summed E-state index contributed by atoms with van der Waals surface area (Å²) in [5, 5.41) is 4.33.